The summed E-state index contributed by atoms with van der Waals surface area (Å²) in [5, 5.41) is 0. The molecule has 0 bridgehead atoms. The molecule has 128 valence electrons. The molecule has 1 atom stereocenters. The van der Waals surface area contributed by atoms with Crippen LogP contribution in [0.1, 0.15) is 24.0 Å². The van der Waals surface area contributed by atoms with Crippen molar-refractivity contribution in [3.8, 4) is 5.75 Å². The first-order valence-electron chi connectivity index (χ1n) is 6.72. The zero-order chi connectivity index (χ0) is 17.4. The Balaban J connectivity index is 2.23. The Morgan fingerprint density at radius 1 is 1.22 bits per heavy atom. The standard InChI is InChI=1S/C14H13F6NO2/c1-8-7-21(12(22)13(15,16)17)5-4-9-6-10(2-3-11(8)9)23-14(18,19)20/h2-3,6,8H,4-5,7H2,1H3. The van der Waals surface area contributed by atoms with E-state index in [2.05, 4.69) is 4.74 Å². The smallest absolute Gasteiger partial charge is 0.406 e. The largest absolute Gasteiger partial charge is 0.573 e. The van der Waals surface area contributed by atoms with Gasteiger partial charge >= 0.3 is 18.4 Å². The van der Waals surface area contributed by atoms with E-state index in [1.165, 1.54) is 6.07 Å². The molecule has 0 aromatic heterocycles. The molecule has 23 heavy (non-hydrogen) atoms. The third-order valence-electron chi connectivity index (χ3n) is 3.55. The fourth-order valence-corrected chi connectivity index (χ4v) is 2.62. The number of rotatable bonds is 1. The van der Waals surface area contributed by atoms with Gasteiger partial charge in [0.1, 0.15) is 5.75 Å². The first kappa shape index (κ1) is 17.4. The van der Waals surface area contributed by atoms with E-state index >= 15 is 0 Å². The lowest BCUT2D eigenvalue weighted by Crippen LogP contribution is -2.42. The van der Waals surface area contributed by atoms with Gasteiger partial charge in [-0.3, -0.25) is 4.79 Å². The predicted octanol–water partition coefficient (Wildman–Crippen LogP) is 3.64. The van der Waals surface area contributed by atoms with Crippen molar-refractivity contribution in [2.24, 2.45) is 0 Å². The number of hydrogen-bond acceptors (Lipinski definition) is 2. The summed E-state index contributed by atoms with van der Waals surface area (Å²) < 4.78 is 78.1. The zero-order valence-corrected chi connectivity index (χ0v) is 12.0. The molecule has 2 rings (SSSR count). The molecule has 1 aliphatic heterocycles. The summed E-state index contributed by atoms with van der Waals surface area (Å²) >= 11 is 0. The molecule has 0 N–H and O–H groups in total. The van der Waals surface area contributed by atoms with Crippen molar-refractivity contribution in [1.29, 1.82) is 0 Å². The van der Waals surface area contributed by atoms with Gasteiger partial charge in [0.05, 0.1) is 0 Å². The van der Waals surface area contributed by atoms with Gasteiger partial charge in [-0.25, -0.2) is 0 Å². The molecule has 1 aromatic rings. The van der Waals surface area contributed by atoms with Crippen molar-refractivity contribution in [2.45, 2.75) is 31.8 Å². The Morgan fingerprint density at radius 3 is 2.43 bits per heavy atom. The lowest BCUT2D eigenvalue weighted by molar-refractivity contribution is -0.274. The molecule has 1 amide bonds. The Kier molecular flexibility index (Phi) is 4.50. The van der Waals surface area contributed by atoms with Gasteiger partial charge < -0.3 is 9.64 Å². The average molecular weight is 341 g/mol. The quantitative estimate of drug-likeness (QED) is 0.730. The lowest BCUT2D eigenvalue weighted by Gasteiger charge is -2.23. The number of ether oxygens (including phenoxy) is 1. The minimum Gasteiger partial charge on any atom is -0.406 e. The zero-order valence-electron chi connectivity index (χ0n) is 12.0. The fraction of sp³-hybridized carbons (Fsp3) is 0.500. The number of alkyl halides is 6. The van der Waals surface area contributed by atoms with Crippen molar-refractivity contribution in [1.82, 2.24) is 4.90 Å². The maximum absolute atomic E-state index is 12.5. The molecule has 0 saturated carbocycles. The molecule has 0 spiro atoms. The maximum Gasteiger partial charge on any atom is 0.573 e. The molecule has 0 radical (unpaired) electrons. The molecule has 1 aromatic carbocycles. The second-order valence-corrected chi connectivity index (χ2v) is 5.31. The Bertz CT molecular complexity index is 596. The van der Waals surface area contributed by atoms with Crippen molar-refractivity contribution < 1.29 is 35.9 Å². The van der Waals surface area contributed by atoms with Crippen LogP contribution in [0.3, 0.4) is 0 Å². The van der Waals surface area contributed by atoms with Gasteiger partial charge in [0.25, 0.3) is 0 Å². The van der Waals surface area contributed by atoms with E-state index in [0.717, 1.165) is 12.1 Å². The van der Waals surface area contributed by atoms with Crippen LogP contribution in [-0.4, -0.2) is 36.4 Å². The Morgan fingerprint density at radius 2 is 1.87 bits per heavy atom. The van der Waals surface area contributed by atoms with E-state index in [0.29, 0.717) is 16.0 Å². The third kappa shape index (κ3) is 4.29. The van der Waals surface area contributed by atoms with E-state index in [9.17, 15) is 31.1 Å². The molecule has 0 saturated heterocycles. The summed E-state index contributed by atoms with van der Waals surface area (Å²) in [5.41, 5.74) is 1.05. The summed E-state index contributed by atoms with van der Waals surface area (Å²) in [6.45, 7) is 1.25. The van der Waals surface area contributed by atoms with Crippen LogP contribution in [0.25, 0.3) is 0 Å². The molecule has 3 nitrogen and oxygen atoms in total. The van der Waals surface area contributed by atoms with Crippen molar-refractivity contribution in [2.75, 3.05) is 13.1 Å². The molecular formula is C14H13F6NO2. The second kappa shape index (κ2) is 5.93. The molecule has 0 fully saturated rings. The summed E-state index contributed by atoms with van der Waals surface area (Å²) in [5.74, 6) is -2.80. The number of halogens is 6. The Hall–Kier alpha value is -1.93. The van der Waals surface area contributed by atoms with Gasteiger partial charge in [0.2, 0.25) is 0 Å². The van der Waals surface area contributed by atoms with E-state index in [1.807, 2.05) is 0 Å². The van der Waals surface area contributed by atoms with Crippen LogP contribution in [0.4, 0.5) is 26.3 Å². The second-order valence-electron chi connectivity index (χ2n) is 5.31. The average Bonchev–Trinajstić information content (AvgIpc) is 2.54. The predicted molar refractivity (Wildman–Crippen MR) is 67.9 cm³/mol. The van der Waals surface area contributed by atoms with E-state index in [4.69, 9.17) is 0 Å². The summed E-state index contributed by atoms with van der Waals surface area (Å²) in [6.07, 6.45) is -9.79. The summed E-state index contributed by atoms with van der Waals surface area (Å²) in [4.78, 5) is 12.0. The number of hydrogen-bond donors (Lipinski definition) is 0. The normalized spacial score (nSPS) is 19.1. The number of nitrogens with zero attached hydrogens (tertiary/aromatic N) is 1. The van der Waals surface area contributed by atoms with Crippen LogP contribution in [0.2, 0.25) is 0 Å². The minimum absolute atomic E-state index is 0.0244. The van der Waals surface area contributed by atoms with Crippen LogP contribution in [0.15, 0.2) is 18.2 Å². The highest BCUT2D eigenvalue weighted by atomic mass is 19.4. The van der Waals surface area contributed by atoms with Crippen LogP contribution in [0.5, 0.6) is 5.75 Å². The number of carbonyl (C=O) groups excluding carboxylic acids is 1. The van der Waals surface area contributed by atoms with Crippen molar-refractivity contribution in [3.05, 3.63) is 29.3 Å². The van der Waals surface area contributed by atoms with E-state index < -0.39 is 30.1 Å². The topological polar surface area (TPSA) is 29.5 Å². The molecule has 9 heteroatoms. The minimum atomic E-state index is -4.97. The van der Waals surface area contributed by atoms with Gasteiger partial charge in [-0.15, -0.1) is 13.2 Å². The van der Waals surface area contributed by atoms with Gasteiger partial charge in [0.15, 0.2) is 0 Å². The summed E-state index contributed by atoms with van der Waals surface area (Å²) in [7, 11) is 0. The van der Waals surface area contributed by atoms with Crippen LogP contribution >= 0.6 is 0 Å². The SMILES string of the molecule is CC1CN(C(=O)C(F)(F)F)CCc2cc(OC(F)(F)F)ccc21. The number of benzene rings is 1. The first-order chi connectivity index (χ1) is 10.5. The number of fused-ring (bicyclic) bond motifs is 1. The van der Waals surface area contributed by atoms with Crippen LogP contribution < -0.4 is 4.74 Å². The first-order valence-corrected chi connectivity index (χ1v) is 6.72. The molecule has 0 aliphatic carbocycles. The van der Waals surface area contributed by atoms with Crippen LogP contribution in [-0.2, 0) is 11.2 Å². The molecule has 1 unspecified atom stereocenters. The van der Waals surface area contributed by atoms with E-state index in [-0.39, 0.29) is 19.5 Å². The highest BCUT2D eigenvalue weighted by molar-refractivity contribution is 5.82. The van der Waals surface area contributed by atoms with Gasteiger partial charge in [-0.05, 0) is 35.6 Å². The number of amides is 1. The van der Waals surface area contributed by atoms with Gasteiger partial charge in [-0.1, -0.05) is 13.0 Å². The molecule has 1 aliphatic rings. The highest BCUT2D eigenvalue weighted by Gasteiger charge is 2.43. The van der Waals surface area contributed by atoms with Gasteiger partial charge in [0, 0.05) is 13.1 Å². The number of carbonyl (C=O) groups is 1. The molecule has 1 heterocycles. The van der Waals surface area contributed by atoms with Crippen molar-refractivity contribution in [3.63, 3.8) is 0 Å². The Labute approximate surface area is 127 Å². The van der Waals surface area contributed by atoms with Crippen molar-refractivity contribution >= 4 is 5.91 Å². The fourth-order valence-electron chi connectivity index (χ4n) is 2.62. The van der Waals surface area contributed by atoms with Crippen LogP contribution in [0, 0.1) is 0 Å². The van der Waals surface area contributed by atoms with Gasteiger partial charge in [-0.2, -0.15) is 13.2 Å². The molecular weight excluding hydrogens is 328 g/mol. The lowest BCUT2D eigenvalue weighted by atomic mass is 9.95. The van der Waals surface area contributed by atoms with E-state index in [1.54, 1.807) is 6.92 Å². The third-order valence-corrected chi connectivity index (χ3v) is 3.55. The maximum atomic E-state index is 12.5. The highest BCUT2D eigenvalue weighted by Crippen LogP contribution is 2.32. The summed E-state index contributed by atoms with van der Waals surface area (Å²) in [6, 6.07) is 3.66. The monoisotopic (exact) mass is 341 g/mol.